The number of ether oxygens (including phenoxy) is 1. The van der Waals surface area contributed by atoms with Crippen LogP contribution in [0.4, 0.5) is 5.69 Å². The van der Waals surface area contributed by atoms with Gasteiger partial charge in [0.1, 0.15) is 0 Å². The van der Waals surface area contributed by atoms with Gasteiger partial charge in [0.15, 0.2) is 0 Å². The summed E-state index contributed by atoms with van der Waals surface area (Å²) in [6.45, 7) is 3.60. The van der Waals surface area contributed by atoms with E-state index in [2.05, 4.69) is 4.72 Å². The fraction of sp³-hybridized carbons (Fsp3) is 0.571. The maximum absolute atomic E-state index is 12.1. The molecule has 1 fully saturated rings. The van der Waals surface area contributed by atoms with Gasteiger partial charge in [0.2, 0.25) is 10.0 Å². The van der Waals surface area contributed by atoms with E-state index < -0.39 is 10.0 Å². The third kappa shape index (κ3) is 4.77. The number of rotatable bonds is 8. The average molecular weight is 298 g/mol. The predicted molar refractivity (Wildman–Crippen MR) is 78.9 cm³/mol. The quantitative estimate of drug-likeness (QED) is 0.565. The third-order valence-electron chi connectivity index (χ3n) is 3.19. The van der Waals surface area contributed by atoms with Gasteiger partial charge in [-0.15, -0.1) is 0 Å². The standard InChI is InChI=1S/C14H22N2O3S/c1-11-7-13(15)9-14(8-11)20(17,18)16-5-2-6-19-10-12-3-4-12/h7-9,12,16H,2-6,10,15H2,1H3. The number of sulfonamides is 1. The van der Waals surface area contributed by atoms with Crippen LogP contribution in [0.3, 0.4) is 0 Å². The molecule has 0 aromatic heterocycles. The molecule has 0 radical (unpaired) electrons. The van der Waals surface area contributed by atoms with Crippen molar-refractivity contribution < 1.29 is 13.2 Å². The van der Waals surface area contributed by atoms with Gasteiger partial charge in [0, 0.05) is 25.4 Å². The number of nitrogen functional groups attached to an aromatic ring is 1. The first-order chi connectivity index (χ1) is 9.47. The minimum absolute atomic E-state index is 0.217. The lowest BCUT2D eigenvalue weighted by atomic mass is 10.2. The number of anilines is 1. The van der Waals surface area contributed by atoms with Crippen LogP contribution >= 0.6 is 0 Å². The van der Waals surface area contributed by atoms with E-state index in [4.69, 9.17) is 10.5 Å². The molecule has 20 heavy (non-hydrogen) atoms. The van der Waals surface area contributed by atoms with E-state index in [0.29, 0.717) is 25.3 Å². The zero-order chi connectivity index (χ0) is 14.6. The summed E-state index contributed by atoms with van der Waals surface area (Å²) >= 11 is 0. The summed E-state index contributed by atoms with van der Waals surface area (Å²) < 4.78 is 32.2. The van der Waals surface area contributed by atoms with Gasteiger partial charge in [-0.3, -0.25) is 0 Å². The van der Waals surface area contributed by atoms with E-state index in [0.717, 1.165) is 18.1 Å². The highest BCUT2D eigenvalue weighted by atomic mass is 32.2. The minimum Gasteiger partial charge on any atom is -0.399 e. The number of hydrogen-bond donors (Lipinski definition) is 2. The van der Waals surface area contributed by atoms with Crippen LogP contribution < -0.4 is 10.5 Å². The molecule has 1 aliphatic carbocycles. The summed E-state index contributed by atoms with van der Waals surface area (Å²) in [4.78, 5) is 0.217. The maximum atomic E-state index is 12.1. The van der Waals surface area contributed by atoms with Crippen LogP contribution in [0.5, 0.6) is 0 Å². The Kier molecular flexibility index (Phi) is 5.01. The molecule has 0 amide bonds. The topological polar surface area (TPSA) is 81.4 Å². The molecular weight excluding hydrogens is 276 g/mol. The SMILES string of the molecule is Cc1cc(N)cc(S(=O)(=O)NCCCOCC2CC2)c1. The molecule has 0 spiro atoms. The lowest BCUT2D eigenvalue weighted by molar-refractivity contribution is 0.123. The molecule has 3 N–H and O–H groups in total. The summed E-state index contributed by atoms with van der Waals surface area (Å²) in [5.41, 5.74) is 6.96. The molecule has 2 rings (SSSR count). The molecule has 112 valence electrons. The second kappa shape index (κ2) is 6.56. The maximum Gasteiger partial charge on any atom is 0.240 e. The molecule has 5 nitrogen and oxygen atoms in total. The second-order valence-electron chi connectivity index (χ2n) is 5.35. The fourth-order valence-corrected chi connectivity index (χ4v) is 3.14. The Morgan fingerprint density at radius 2 is 2.10 bits per heavy atom. The Morgan fingerprint density at radius 3 is 2.75 bits per heavy atom. The van der Waals surface area contributed by atoms with E-state index in [9.17, 15) is 8.42 Å². The minimum atomic E-state index is -3.48. The van der Waals surface area contributed by atoms with Crippen molar-refractivity contribution in [2.24, 2.45) is 5.92 Å². The van der Waals surface area contributed by atoms with Gasteiger partial charge in [0.05, 0.1) is 4.90 Å². The van der Waals surface area contributed by atoms with E-state index in [1.54, 1.807) is 12.1 Å². The van der Waals surface area contributed by atoms with Crippen LogP contribution in [0.25, 0.3) is 0 Å². The van der Waals surface area contributed by atoms with Crippen LogP contribution in [-0.4, -0.2) is 28.2 Å². The van der Waals surface area contributed by atoms with Crippen molar-refractivity contribution >= 4 is 15.7 Å². The number of benzene rings is 1. The third-order valence-corrected chi connectivity index (χ3v) is 4.63. The Labute approximate surface area is 120 Å². The largest absolute Gasteiger partial charge is 0.399 e. The fourth-order valence-electron chi connectivity index (χ4n) is 1.93. The van der Waals surface area contributed by atoms with E-state index in [-0.39, 0.29) is 4.90 Å². The van der Waals surface area contributed by atoms with Crippen molar-refractivity contribution in [2.75, 3.05) is 25.5 Å². The molecule has 0 heterocycles. The molecule has 6 heteroatoms. The highest BCUT2D eigenvalue weighted by molar-refractivity contribution is 7.89. The smallest absolute Gasteiger partial charge is 0.240 e. The van der Waals surface area contributed by atoms with Crippen LogP contribution in [0, 0.1) is 12.8 Å². The Balaban J connectivity index is 1.77. The molecule has 0 aliphatic heterocycles. The zero-order valence-electron chi connectivity index (χ0n) is 11.8. The van der Waals surface area contributed by atoms with E-state index in [1.807, 2.05) is 6.92 Å². The van der Waals surface area contributed by atoms with Gasteiger partial charge < -0.3 is 10.5 Å². The summed E-state index contributed by atoms with van der Waals surface area (Å²) in [5.74, 6) is 0.738. The monoisotopic (exact) mass is 298 g/mol. The Morgan fingerprint density at radius 1 is 1.35 bits per heavy atom. The molecule has 0 saturated heterocycles. The van der Waals surface area contributed by atoms with Gasteiger partial charge in [-0.25, -0.2) is 13.1 Å². The van der Waals surface area contributed by atoms with Crippen LogP contribution in [0.15, 0.2) is 23.1 Å². The lowest BCUT2D eigenvalue weighted by Crippen LogP contribution is -2.25. The van der Waals surface area contributed by atoms with Crippen molar-refractivity contribution in [1.29, 1.82) is 0 Å². The number of aryl methyl sites for hydroxylation is 1. The highest BCUT2D eigenvalue weighted by Crippen LogP contribution is 2.28. The molecule has 1 aromatic carbocycles. The van der Waals surface area contributed by atoms with E-state index >= 15 is 0 Å². The first kappa shape index (κ1) is 15.3. The van der Waals surface area contributed by atoms with Crippen LogP contribution in [-0.2, 0) is 14.8 Å². The van der Waals surface area contributed by atoms with Crippen molar-refractivity contribution in [2.45, 2.75) is 31.1 Å². The molecule has 1 saturated carbocycles. The summed E-state index contributed by atoms with van der Waals surface area (Å²) in [6, 6.07) is 4.83. The first-order valence-corrected chi connectivity index (χ1v) is 8.40. The predicted octanol–water partition coefficient (Wildman–Crippen LogP) is 1.67. The van der Waals surface area contributed by atoms with Gasteiger partial charge >= 0.3 is 0 Å². The van der Waals surface area contributed by atoms with E-state index in [1.165, 1.54) is 18.9 Å². The highest BCUT2D eigenvalue weighted by Gasteiger charge is 2.21. The number of nitrogens with one attached hydrogen (secondary N) is 1. The zero-order valence-corrected chi connectivity index (χ0v) is 12.6. The first-order valence-electron chi connectivity index (χ1n) is 6.92. The normalized spacial score (nSPS) is 15.4. The summed E-state index contributed by atoms with van der Waals surface area (Å²) in [7, 11) is -3.48. The van der Waals surface area contributed by atoms with Gasteiger partial charge in [0.25, 0.3) is 0 Å². The molecular formula is C14H22N2O3S. The number of nitrogens with two attached hydrogens (primary N) is 1. The molecule has 0 atom stereocenters. The van der Waals surface area contributed by atoms with Gasteiger partial charge in [-0.05, 0) is 55.9 Å². The lowest BCUT2D eigenvalue weighted by Gasteiger charge is -2.08. The average Bonchev–Trinajstić information content (AvgIpc) is 3.16. The summed E-state index contributed by atoms with van der Waals surface area (Å²) in [5, 5.41) is 0. The van der Waals surface area contributed by atoms with Crippen molar-refractivity contribution in [3.8, 4) is 0 Å². The van der Waals surface area contributed by atoms with Crippen molar-refractivity contribution in [3.05, 3.63) is 23.8 Å². The molecule has 1 aliphatic rings. The molecule has 1 aromatic rings. The molecule has 0 bridgehead atoms. The Bertz CT molecular complexity index is 533. The van der Waals surface area contributed by atoms with Crippen molar-refractivity contribution in [3.63, 3.8) is 0 Å². The molecule has 0 unspecified atom stereocenters. The number of hydrogen-bond acceptors (Lipinski definition) is 4. The van der Waals surface area contributed by atoms with Crippen LogP contribution in [0.1, 0.15) is 24.8 Å². The van der Waals surface area contributed by atoms with Crippen molar-refractivity contribution in [1.82, 2.24) is 4.72 Å². The van der Waals surface area contributed by atoms with Gasteiger partial charge in [-0.2, -0.15) is 0 Å². The van der Waals surface area contributed by atoms with Gasteiger partial charge in [-0.1, -0.05) is 0 Å². The second-order valence-corrected chi connectivity index (χ2v) is 7.12. The summed E-state index contributed by atoms with van der Waals surface area (Å²) in [6.07, 6.45) is 3.20. The Hall–Kier alpha value is -1.11. The van der Waals surface area contributed by atoms with Crippen LogP contribution in [0.2, 0.25) is 0 Å².